The number of pyridine rings is 1. The summed E-state index contributed by atoms with van der Waals surface area (Å²) in [5, 5.41) is 0. The highest BCUT2D eigenvalue weighted by Gasteiger charge is 2.33. The first-order valence-corrected chi connectivity index (χ1v) is 6.31. The minimum absolute atomic E-state index is 0.253. The van der Waals surface area contributed by atoms with E-state index in [1.807, 2.05) is 0 Å². The van der Waals surface area contributed by atoms with Gasteiger partial charge in [-0.1, -0.05) is 0 Å². The number of amides is 2. The van der Waals surface area contributed by atoms with Crippen molar-refractivity contribution < 1.29 is 9.59 Å². The van der Waals surface area contributed by atoms with Crippen LogP contribution in [-0.4, -0.2) is 34.3 Å². The topological polar surface area (TPSA) is 102 Å². The fourth-order valence-corrected chi connectivity index (χ4v) is 2.47. The van der Waals surface area contributed by atoms with Crippen molar-refractivity contribution in [3.8, 4) is 0 Å². The van der Waals surface area contributed by atoms with Gasteiger partial charge < -0.3 is 16.4 Å². The summed E-state index contributed by atoms with van der Waals surface area (Å²) in [6.07, 6.45) is 2.86. The minimum Gasteiger partial charge on any atom is -0.384 e. The van der Waals surface area contributed by atoms with Crippen LogP contribution in [0.3, 0.4) is 0 Å². The molecule has 18 heavy (non-hydrogen) atoms. The first kappa shape index (κ1) is 12.8. The van der Waals surface area contributed by atoms with Crippen LogP contribution in [0.1, 0.15) is 23.2 Å². The number of anilines is 1. The van der Waals surface area contributed by atoms with Gasteiger partial charge >= 0.3 is 0 Å². The van der Waals surface area contributed by atoms with Crippen LogP contribution in [0.4, 0.5) is 5.82 Å². The molecule has 1 aliphatic heterocycles. The number of primary amides is 1. The lowest BCUT2D eigenvalue weighted by atomic mass is 10.2. The molecule has 1 aliphatic rings. The van der Waals surface area contributed by atoms with E-state index in [-0.39, 0.29) is 11.7 Å². The molecule has 0 aliphatic carbocycles. The molecular weight excluding hydrogens is 300 g/mol. The number of carbonyl (C=O) groups excluding carboxylic acids is 2. The second-order valence-corrected chi connectivity index (χ2v) is 5.00. The normalized spacial score (nSPS) is 18.9. The second kappa shape index (κ2) is 4.93. The van der Waals surface area contributed by atoms with Crippen molar-refractivity contribution in [1.82, 2.24) is 9.88 Å². The van der Waals surface area contributed by atoms with Gasteiger partial charge in [-0.3, -0.25) is 9.59 Å². The number of nitrogens with two attached hydrogens (primary N) is 2. The molecule has 0 saturated carbocycles. The number of halogens is 1. The highest BCUT2D eigenvalue weighted by Crippen LogP contribution is 2.24. The molecule has 7 heteroatoms. The molecule has 1 aromatic rings. The van der Waals surface area contributed by atoms with Gasteiger partial charge in [0.15, 0.2) is 0 Å². The van der Waals surface area contributed by atoms with E-state index in [9.17, 15) is 9.59 Å². The van der Waals surface area contributed by atoms with E-state index in [0.717, 1.165) is 6.42 Å². The van der Waals surface area contributed by atoms with Crippen LogP contribution in [0.15, 0.2) is 16.7 Å². The standard InChI is InChI=1S/C11H13BrN4O2/c12-7-5-15-9(13)4-6(7)11(18)16-3-1-2-8(16)10(14)17/h4-5,8H,1-3H2,(H2,13,15)(H2,14,17). The Kier molecular flexibility index (Phi) is 3.51. The van der Waals surface area contributed by atoms with Gasteiger partial charge in [0.1, 0.15) is 11.9 Å². The average molecular weight is 313 g/mol. The summed E-state index contributed by atoms with van der Waals surface area (Å²) in [5.41, 5.74) is 11.3. The maximum Gasteiger partial charge on any atom is 0.255 e. The molecule has 1 fully saturated rings. The number of nitrogen functional groups attached to an aromatic ring is 1. The number of aromatic nitrogens is 1. The second-order valence-electron chi connectivity index (χ2n) is 4.15. The Morgan fingerprint density at radius 3 is 2.89 bits per heavy atom. The molecule has 4 N–H and O–H groups in total. The Hall–Kier alpha value is -1.63. The third kappa shape index (κ3) is 2.31. The van der Waals surface area contributed by atoms with Gasteiger partial charge in [0.2, 0.25) is 5.91 Å². The van der Waals surface area contributed by atoms with Gasteiger partial charge in [-0.2, -0.15) is 0 Å². The van der Waals surface area contributed by atoms with Crippen LogP contribution in [0.2, 0.25) is 0 Å². The van der Waals surface area contributed by atoms with Gasteiger partial charge in [0.25, 0.3) is 5.91 Å². The molecule has 2 rings (SSSR count). The Morgan fingerprint density at radius 1 is 1.50 bits per heavy atom. The number of nitrogens with zero attached hydrogens (tertiary/aromatic N) is 2. The maximum absolute atomic E-state index is 12.3. The Morgan fingerprint density at radius 2 is 2.22 bits per heavy atom. The summed E-state index contributed by atoms with van der Waals surface area (Å²) in [5.74, 6) is -0.465. The minimum atomic E-state index is -0.529. The van der Waals surface area contributed by atoms with Crippen molar-refractivity contribution in [2.24, 2.45) is 5.73 Å². The summed E-state index contributed by atoms with van der Waals surface area (Å²) in [7, 11) is 0. The van der Waals surface area contributed by atoms with E-state index in [1.54, 1.807) is 0 Å². The fraction of sp³-hybridized carbons (Fsp3) is 0.364. The number of rotatable bonds is 2. The number of hydrogen-bond donors (Lipinski definition) is 2. The molecule has 6 nitrogen and oxygen atoms in total. The van der Waals surface area contributed by atoms with Gasteiger partial charge in [-0.05, 0) is 34.8 Å². The monoisotopic (exact) mass is 312 g/mol. The van der Waals surface area contributed by atoms with Crippen LogP contribution in [0.5, 0.6) is 0 Å². The zero-order valence-electron chi connectivity index (χ0n) is 9.60. The Labute approximate surface area is 112 Å². The van der Waals surface area contributed by atoms with Crippen molar-refractivity contribution in [2.45, 2.75) is 18.9 Å². The summed E-state index contributed by atoms with van der Waals surface area (Å²) in [6.45, 7) is 0.529. The highest BCUT2D eigenvalue weighted by molar-refractivity contribution is 9.10. The van der Waals surface area contributed by atoms with Gasteiger partial charge in [-0.15, -0.1) is 0 Å². The molecule has 1 unspecified atom stereocenters. The lowest BCUT2D eigenvalue weighted by Crippen LogP contribution is -2.43. The number of hydrogen-bond acceptors (Lipinski definition) is 4. The van der Waals surface area contributed by atoms with Crippen LogP contribution in [0.25, 0.3) is 0 Å². The van der Waals surface area contributed by atoms with Crippen molar-refractivity contribution >= 4 is 33.6 Å². The molecule has 1 saturated heterocycles. The Bertz CT molecular complexity index is 506. The quantitative estimate of drug-likeness (QED) is 0.830. The highest BCUT2D eigenvalue weighted by atomic mass is 79.9. The first-order chi connectivity index (χ1) is 8.50. The van der Waals surface area contributed by atoms with E-state index in [2.05, 4.69) is 20.9 Å². The molecule has 1 atom stereocenters. The molecule has 2 amide bonds. The van der Waals surface area contributed by atoms with E-state index in [0.29, 0.717) is 23.0 Å². The van der Waals surface area contributed by atoms with Crippen LogP contribution < -0.4 is 11.5 Å². The average Bonchev–Trinajstić information content (AvgIpc) is 2.80. The van der Waals surface area contributed by atoms with E-state index >= 15 is 0 Å². The SMILES string of the molecule is NC(=O)C1CCCN1C(=O)c1cc(N)ncc1Br. The molecular formula is C11H13BrN4O2. The molecule has 0 bridgehead atoms. The predicted molar refractivity (Wildman–Crippen MR) is 69.6 cm³/mol. The van der Waals surface area contributed by atoms with Crippen molar-refractivity contribution in [3.05, 3.63) is 22.3 Å². The van der Waals surface area contributed by atoms with E-state index < -0.39 is 11.9 Å². The van der Waals surface area contributed by atoms with Gasteiger partial charge in [-0.25, -0.2) is 4.98 Å². The van der Waals surface area contributed by atoms with Gasteiger partial charge in [0, 0.05) is 17.2 Å². The van der Waals surface area contributed by atoms with E-state index in [4.69, 9.17) is 11.5 Å². The van der Waals surface area contributed by atoms with Crippen molar-refractivity contribution in [1.29, 1.82) is 0 Å². The first-order valence-electron chi connectivity index (χ1n) is 5.52. The maximum atomic E-state index is 12.3. The van der Waals surface area contributed by atoms with Crippen molar-refractivity contribution in [3.63, 3.8) is 0 Å². The third-order valence-corrected chi connectivity index (χ3v) is 3.58. The van der Waals surface area contributed by atoms with Crippen molar-refractivity contribution in [2.75, 3.05) is 12.3 Å². The summed E-state index contributed by atoms with van der Waals surface area (Å²) in [4.78, 5) is 29.0. The molecule has 0 spiro atoms. The molecule has 1 aromatic heterocycles. The largest absolute Gasteiger partial charge is 0.384 e. The molecule has 0 radical (unpaired) electrons. The zero-order valence-corrected chi connectivity index (χ0v) is 11.2. The fourth-order valence-electron chi connectivity index (χ4n) is 2.08. The number of likely N-dealkylation sites (tertiary alicyclic amines) is 1. The van der Waals surface area contributed by atoms with Crippen LogP contribution in [0, 0.1) is 0 Å². The Balaban J connectivity index is 2.31. The van der Waals surface area contributed by atoms with Crippen LogP contribution in [-0.2, 0) is 4.79 Å². The van der Waals surface area contributed by atoms with Crippen LogP contribution >= 0.6 is 15.9 Å². The molecule has 2 heterocycles. The lowest BCUT2D eigenvalue weighted by molar-refractivity contribution is -0.121. The lowest BCUT2D eigenvalue weighted by Gasteiger charge is -2.22. The number of carbonyl (C=O) groups is 2. The third-order valence-electron chi connectivity index (χ3n) is 2.95. The smallest absolute Gasteiger partial charge is 0.255 e. The molecule has 96 valence electrons. The summed E-state index contributed by atoms with van der Waals surface area (Å²) in [6, 6.07) is 0.960. The predicted octanol–water partition coefficient (Wildman–Crippen LogP) is 0.516. The van der Waals surface area contributed by atoms with E-state index in [1.165, 1.54) is 17.2 Å². The zero-order chi connectivity index (χ0) is 13.3. The molecule has 0 aromatic carbocycles. The summed E-state index contributed by atoms with van der Waals surface area (Å²) >= 11 is 3.25. The summed E-state index contributed by atoms with van der Waals surface area (Å²) < 4.78 is 0.553. The van der Waals surface area contributed by atoms with Gasteiger partial charge in [0.05, 0.1) is 5.56 Å².